The lowest BCUT2D eigenvalue weighted by molar-refractivity contribution is 0.0527. The van der Waals surface area contributed by atoms with Gasteiger partial charge in [0.25, 0.3) is 0 Å². The molecule has 0 atom stereocenters. The van der Waals surface area contributed by atoms with Crippen LogP contribution in [0.15, 0.2) is 77.7 Å². The Balaban J connectivity index is 1.79. The van der Waals surface area contributed by atoms with E-state index in [9.17, 15) is 13.2 Å². The monoisotopic (exact) mass is 463 g/mol. The van der Waals surface area contributed by atoms with Gasteiger partial charge in [0, 0.05) is 23.1 Å². The molecule has 0 fully saturated rings. The molecule has 0 saturated heterocycles. The summed E-state index contributed by atoms with van der Waals surface area (Å²) in [5, 5.41) is 0.582. The van der Waals surface area contributed by atoms with E-state index in [4.69, 9.17) is 8.92 Å². The molecule has 0 N–H and O–H groups in total. The maximum Gasteiger partial charge on any atom is 0.340 e. The van der Waals surface area contributed by atoms with Crippen LogP contribution in [0.3, 0.4) is 0 Å². The van der Waals surface area contributed by atoms with E-state index in [1.807, 2.05) is 48.7 Å². The molecule has 0 unspecified atom stereocenters. The van der Waals surface area contributed by atoms with Crippen molar-refractivity contribution in [3.63, 3.8) is 0 Å². The van der Waals surface area contributed by atoms with Crippen LogP contribution >= 0.6 is 0 Å². The molecule has 0 aliphatic rings. The van der Waals surface area contributed by atoms with Crippen LogP contribution in [-0.2, 0) is 21.4 Å². The maximum atomic E-state index is 12.8. The van der Waals surface area contributed by atoms with E-state index in [1.165, 1.54) is 12.1 Å². The first-order valence-electron chi connectivity index (χ1n) is 10.6. The zero-order chi connectivity index (χ0) is 23.6. The molecule has 0 radical (unpaired) electrons. The molecule has 3 aromatic carbocycles. The van der Waals surface area contributed by atoms with Crippen molar-refractivity contribution in [2.24, 2.45) is 0 Å². The molecule has 0 saturated carbocycles. The lowest BCUT2D eigenvalue weighted by Crippen LogP contribution is -2.09. The Morgan fingerprint density at radius 1 is 0.939 bits per heavy atom. The van der Waals surface area contributed by atoms with E-state index in [-0.39, 0.29) is 17.3 Å². The Bertz CT molecular complexity index is 1400. The van der Waals surface area contributed by atoms with E-state index in [0.717, 1.165) is 22.3 Å². The van der Waals surface area contributed by atoms with Crippen LogP contribution in [0.4, 0.5) is 0 Å². The summed E-state index contributed by atoms with van der Waals surface area (Å²) < 4.78 is 38.3. The van der Waals surface area contributed by atoms with Crippen molar-refractivity contribution >= 4 is 27.0 Å². The minimum absolute atomic E-state index is 0.0663. The molecule has 0 amide bonds. The number of fused-ring (bicyclic) bond motifs is 1. The van der Waals surface area contributed by atoms with Crippen molar-refractivity contribution in [1.29, 1.82) is 0 Å². The van der Waals surface area contributed by atoms with Gasteiger partial charge < -0.3 is 13.5 Å². The third-order valence-corrected chi connectivity index (χ3v) is 6.73. The first-order chi connectivity index (χ1) is 15.8. The molecule has 170 valence electrons. The molecule has 4 aromatic rings. The third-order valence-electron chi connectivity index (χ3n) is 5.47. The predicted octanol–water partition coefficient (Wildman–Crippen LogP) is 5.25. The van der Waals surface area contributed by atoms with Crippen molar-refractivity contribution < 1.29 is 22.1 Å². The highest BCUT2D eigenvalue weighted by Gasteiger charge is 2.23. The number of aromatic nitrogens is 1. The summed E-state index contributed by atoms with van der Waals surface area (Å²) in [5.41, 5.74) is 3.96. The minimum Gasteiger partial charge on any atom is -0.462 e. The van der Waals surface area contributed by atoms with Gasteiger partial charge in [-0.15, -0.1) is 0 Å². The fourth-order valence-electron chi connectivity index (χ4n) is 3.82. The highest BCUT2D eigenvalue weighted by molar-refractivity contribution is 7.87. The zero-order valence-electron chi connectivity index (χ0n) is 18.7. The van der Waals surface area contributed by atoms with Gasteiger partial charge in [-0.3, -0.25) is 0 Å². The van der Waals surface area contributed by atoms with Crippen molar-refractivity contribution in [3.05, 3.63) is 95.2 Å². The Morgan fingerprint density at radius 3 is 2.30 bits per heavy atom. The lowest BCUT2D eigenvalue weighted by atomic mass is 10.1. The number of aryl methyl sites for hydroxylation is 1. The highest BCUT2D eigenvalue weighted by atomic mass is 32.2. The van der Waals surface area contributed by atoms with Crippen LogP contribution in [0.25, 0.3) is 10.9 Å². The Morgan fingerprint density at radius 2 is 1.64 bits per heavy atom. The van der Waals surface area contributed by atoms with Gasteiger partial charge in [-0.1, -0.05) is 48.0 Å². The largest absolute Gasteiger partial charge is 0.462 e. The van der Waals surface area contributed by atoms with Crippen LogP contribution in [0.1, 0.15) is 34.1 Å². The number of ether oxygens (including phenoxy) is 1. The van der Waals surface area contributed by atoms with Gasteiger partial charge in [0.05, 0.1) is 12.2 Å². The van der Waals surface area contributed by atoms with Crippen LogP contribution in [-0.4, -0.2) is 25.6 Å². The summed E-state index contributed by atoms with van der Waals surface area (Å²) in [6.45, 7) is 6.29. The van der Waals surface area contributed by atoms with Crippen molar-refractivity contribution in [1.82, 2.24) is 4.57 Å². The number of carbonyl (C=O) groups is 1. The Labute approximate surface area is 193 Å². The second kappa shape index (κ2) is 9.11. The van der Waals surface area contributed by atoms with E-state index < -0.39 is 16.1 Å². The number of rotatable bonds is 7. The summed E-state index contributed by atoms with van der Waals surface area (Å²) in [7, 11) is -4.02. The first kappa shape index (κ1) is 22.6. The molecular formula is C26H25NO5S. The summed E-state index contributed by atoms with van der Waals surface area (Å²) >= 11 is 0. The van der Waals surface area contributed by atoms with Crippen molar-refractivity contribution in [2.45, 2.75) is 32.2 Å². The van der Waals surface area contributed by atoms with Crippen LogP contribution in [0, 0.1) is 13.8 Å². The number of esters is 1. The smallest absolute Gasteiger partial charge is 0.340 e. The van der Waals surface area contributed by atoms with E-state index in [1.54, 1.807) is 37.3 Å². The predicted molar refractivity (Wildman–Crippen MR) is 127 cm³/mol. The minimum atomic E-state index is -4.02. The van der Waals surface area contributed by atoms with Crippen LogP contribution < -0.4 is 4.18 Å². The molecule has 0 aliphatic heterocycles. The molecule has 33 heavy (non-hydrogen) atoms. The molecule has 0 bridgehead atoms. The van der Waals surface area contributed by atoms with Gasteiger partial charge >= 0.3 is 16.1 Å². The second-order valence-electron chi connectivity index (χ2n) is 7.78. The van der Waals surface area contributed by atoms with E-state index in [2.05, 4.69) is 0 Å². The fraction of sp³-hybridized carbons (Fsp3) is 0.192. The van der Waals surface area contributed by atoms with Gasteiger partial charge in [-0.05, 0) is 56.7 Å². The SMILES string of the molecule is CCOC(=O)c1c(C)n(Cc2ccccc2)c2ccc(OS(=O)(=O)c3ccc(C)cc3)cc12. The summed E-state index contributed by atoms with van der Waals surface area (Å²) in [6.07, 6.45) is 0. The Hall–Kier alpha value is -3.58. The van der Waals surface area contributed by atoms with Gasteiger partial charge in [-0.25, -0.2) is 4.79 Å². The molecule has 0 aliphatic carbocycles. The highest BCUT2D eigenvalue weighted by Crippen LogP contribution is 2.32. The van der Waals surface area contributed by atoms with Crippen LogP contribution in [0.5, 0.6) is 5.75 Å². The molecule has 7 heteroatoms. The number of nitrogens with zero attached hydrogens (tertiary/aromatic N) is 1. The molecule has 1 heterocycles. The number of carbonyl (C=O) groups excluding carboxylic acids is 1. The molecule has 1 aromatic heterocycles. The maximum absolute atomic E-state index is 12.8. The molecule has 6 nitrogen and oxygen atoms in total. The number of benzene rings is 3. The lowest BCUT2D eigenvalue weighted by Gasteiger charge is -2.10. The normalized spacial score (nSPS) is 11.5. The van der Waals surface area contributed by atoms with Crippen molar-refractivity contribution in [3.8, 4) is 5.75 Å². The van der Waals surface area contributed by atoms with Gasteiger partial charge in [0.2, 0.25) is 0 Å². The summed E-state index contributed by atoms with van der Waals surface area (Å²) in [5.74, 6) is -0.323. The molecule has 4 rings (SSSR count). The Kier molecular flexibility index (Phi) is 6.24. The topological polar surface area (TPSA) is 74.6 Å². The average Bonchev–Trinajstić information content (AvgIpc) is 3.05. The van der Waals surface area contributed by atoms with Crippen molar-refractivity contribution in [2.75, 3.05) is 6.61 Å². The first-order valence-corrected chi connectivity index (χ1v) is 12.1. The summed E-state index contributed by atoms with van der Waals surface area (Å²) in [6, 6.07) is 21.3. The van der Waals surface area contributed by atoms with Gasteiger partial charge in [-0.2, -0.15) is 8.42 Å². The third kappa shape index (κ3) is 4.64. The van der Waals surface area contributed by atoms with Crippen LogP contribution in [0.2, 0.25) is 0 Å². The van der Waals surface area contributed by atoms with Gasteiger partial charge in [0.15, 0.2) is 0 Å². The number of hydrogen-bond donors (Lipinski definition) is 0. The second-order valence-corrected chi connectivity index (χ2v) is 9.33. The van der Waals surface area contributed by atoms with E-state index in [0.29, 0.717) is 17.5 Å². The fourth-order valence-corrected chi connectivity index (χ4v) is 4.75. The molecular weight excluding hydrogens is 438 g/mol. The standard InChI is InChI=1S/C26H25NO5S/c1-4-31-26(28)25-19(3)27(17-20-8-6-5-7-9-20)24-15-12-21(16-23(24)25)32-33(29,30)22-13-10-18(2)11-14-22/h5-16H,4,17H2,1-3H3. The summed E-state index contributed by atoms with van der Waals surface area (Å²) in [4.78, 5) is 12.9. The zero-order valence-corrected chi connectivity index (χ0v) is 19.6. The average molecular weight is 464 g/mol. The number of hydrogen-bond acceptors (Lipinski definition) is 5. The van der Waals surface area contributed by atoms with E-state index >= 15 is 0 Å². The van der Waals surface area contributed by atoms with Gasteiger partial charge in [0.1, 0.15) is 10.6 Å². The quantitative estimate of drug-likeness (QED) is 0.276. The molecule has 0 spiro atoms.